The Hall–Kier alpha value is -3.75. The van der Waals surface area contributed by atoms with Crippen LogP contribution in [0.3, 0.4) is 0 Å². The number of anilines is 1. The second kappa shape index (κ2) is 12.8. The highest BCUT2D eigenvalue weighted by molar-refractivity contribution is 6.01. The number of morpholine rings is 1. The average molecular weight is 556 g/mol. The number of carbonyl (C=O) groups is 1. The summed E-state index contributed by atoms with van der Waals surface area (Å²) in [5.41, 5.74) is 8.49. The number of hydrogen-bond donors (Lipinski definition) is 0. The molecule has 1 aliphatic carbocycles. The minimum Gasteiger partial charge on any atom is -0.495 e. The Kier molecular flexibility index (Phi) is 9.00. The second-order valence-corrected chi connectivity index (χ2v) is 10.9. The van der Waals surface area contributed by atoms with Gasteiger partial charge in [-0.1, -0.05) is 24.3 Å². The number of likely N-dealkylation sites (N-methyl/N-ethyl adjacent to an activating group) is 1. The molecule has 2 heterocycles. The summed E-state index contributed by atoms with van der Waals surface area (Å²) in [4.78, 5) is 29.2. The van der Waals surface area contributed by atoms with E-state index in [2.05, 4.69) is 58.9 Å². The van der Waals surface area contributed by atoms with Crippen LogP contribution < -0.4 is 9.64 Å². The largest absolute Gasteiger partial charge is 0.495 e. The van der Waals surface area contributed by atoms with Gasteiger partial charge in [0.2, 0.25) is 0 Å². The van der Waals surface area contributed by atoms with E-state index in [-0.39, 0.29) is 5.91 Å². The van der Waals surface area contributed by atoms with Crippen molar-refractivity contribution in [2.45, 2.75) is 26.7 Å². The van der Waals surface area contributed by atoms with E-state index in [0.717, 1.165) is 95.4 Å². The zero-order chi connectivity index (χ0) is 28.9. The van der Waals surface area contributed by atoms with Crippen LogP contribution in [0.15, 0.2) is 63.9 Å². The number of amides is 1. The molecule has 2 fully saturated rings. The Morgan fingerprint density at radius 3 is 2.46 bits per heavy atom. The van der Waals surface area contributed by atoms with Gasteiger partial charge in [0, 0.05) is 50.5 Å². The van der Waals surface area contributed by atoms with Crippen molar-refractivity contribution < 1.29 is 14.3 Å². The van der Waals surface area contributed by atoms with Gasteiger partial charge in [-0.3, -0.25) is 14.8 Å². The number of nitrogens with zero attached hydrogens (tertiary/aromatic N) is 5. The third-order valence-corrected chi connectivity index (χ3v) is 8.26. The minimum absolute atomic E-state index is 0.0615. The number of piperazine rings is 1. The minimum atomic E-state index is 0.0615. The van der Waals surface area contributed by atoms with E-state index in [9.17, 15) is 4.79 Å². The summed E-state index contributed by atoms with van der Waals surface area (Å²) in [6, 6.07) is 12.4. The van der Waals surface area contributed by atoms with Crippen LogP contribution in [-0.4, -0.2) is 94.8 Å². The molecule has 0 bridgehead atoms. The van der Waals surface area contributed by atoms with Gasteiger partial charge in [-0.25, -0.2) is 0 Å². The predicted molar refractivity (Wildman–Crippen MR) is 167 cm³/mol. The molecule has 0 unspecified atom stereocenters. The molecule has 0 saturated carbocycles. The van der Waals surface area contributed by atoms with Crippen molar-refractivity contribution in [2.75, 3.05) is 71.5 Å². The predicted octanol–water partition coefficient (Wildman–Crippen LogP) is 4.83. The first kappa shape index (κ1) is 28.8. The Bertz CT molecular complexity index is 1400. The van der Waals surface area contributed by atoms with Gasteiger partial charge < -0.3 is 24.2 Å². The van der Waals surface area contributed by atoms with Crippen molar-refractivity contribution in [3.8, 4) is 5.75 Å². The molecule has 2 aromatic carbocycles. The lowest BCUT2D eigenvalue weighted by Crippen LogP contribution is -2.44. The molecule has 3 aliphatic rings. The fourth-order valence-corrected chi connectivity index (χ4v) is 5.74. The molecule has 1 amide bonds. The summed E-state index contributed by atoms with van der Waals surface area (Å²) < 4.78 is 11.2. The van der Waals surface area contributed by atoms with Crippen LogP contribution in [0.25, 0.3) is 5.57 Å². The number of aliphatic imine (C=N–C) groups is 2. The highest BCUT2D eigenvalue weighted by Crippen LogP contribution is 2.36. The first-order chi connectivity index (χ1) is 19.9. The van der Waals surface area contributed by atoms with E-state index in [4.69, 9.17) is 14.5 Å². The van der Waals surface area contributed by atoms with E-state index in [1.807, 2.05) is 30.9 Å². The van der Waals surface area contributed by atoms with Crippen LogP contribution in [-0.2, 0) is 4.74 Å². The van der Waals surface area contributed by atoms with Gasteiger partial charge >= 0.3 is 0 Å². The second-order valence-electron chi connectivity index (χ2n) is 10.9. The highest BCUT2D eigenvalue weighted by Gasteiger charge is 2.23. The molecule has 8 nitrogen and oxygen atoms in total. The van der Waals surface area contributed by atoms with Crippen LogP contribution in [0.4, 0.5) is 5.69 Å². The van der Waals surface area contributed by atoms with Crippen molar-refractivity contribution in [1.82, 2.24) is 9.80 Å². The van der Waals surface area contributed by atoms with Crippen molar-refractivity contribution in [1.29, 1.82) is 0 Å². The summed E-state index contributed by atoms with van der Waals surface area (Å²) in [7, 11) is 3.89. The number of aryl methyl sites for hydroxylation is 1. The fourth-order valence-electron chi connectivity index (χ4n) is 5.74. The third kappa shape index (κ3) is 6.29. The Morgan fingerprint density at radius 1 is 1.02 bits per heavy atom. The quantitative estimate of drug-likeness (QED) is 0.458. The summed E-state index contributed by atoms with van der Waals surface area (Å²) >= 11 is 0. The molecule has 2 aromatic rings. The number of rotatable bonds is 7. The molecule has 216 valence electrons. The maximum atomic E-state index is 13.2. The molecule has 0 spiro atoms. The van der Waals surface area contributed by atoms with Gasteiger partial charge in [-0.15, -0.1) is 0 Å². The van der Waals surface area contributed by atoms with Crippen LogP contribution >= 0.6 is 0 Å². The normalized spacial score (nSPS) is 18.8. The number of methoxy groups -OCH3 is 1. The maximum Gasteiger partial charge on any atom is 0.254 e. The summed E-state index contributed by atoms with van der Waals surface area (Å²) in [6.45, 7) is 14.3. The Morgan fingerprint density at radius 2 is 1.78 bits per heavy atom. The van der Waals surface area contributed by atoms with Gasteiger partial charge in [0.15, 0.2) is 0 Å². The molecule has 0 atom stereocenters. The molecule has 2 aliphatic heterocycles. The molecule has 0 aromatic heterocycles. The van der Waals surface area contributed by atoms with Crippen LogP contribution in [0.2, 0.25) is 0 Å². The van der Waals surface area contributed by atoms with Gasteiger partial charge in [0.1, 0.15) is 5.75 Å². The lowest BCUT2D eigenvalue weighted by molar-refractivity contribution is 0.0302. The molecule has 5 rings (SSSR count). The first-order valence-corrected chi connectivity index (χ1v) is 14.4. The SMILES string of the molecule is C=NC1=CCCC(c2ccc(C(=O)N3CCOCC3)c(C)c2)=C1N=C(C)c1ccc(N2CCN(C)CC2)c(OC)c1. The lowest BCUT2D eigenvalue weighted by Gasteiger charge is -2.34. The molecule has 8 heteroatoms. The van der Waals surface area contributed by atoms with E-state index in [0.29, 0.717) is 26.3 Å². The molecular weight excluding hydrogens is 514 g/mol. The van der Waals surface area contributed by atoms with E-state index in [1.165, 1.54) is 0 Å². The fraction of sp³-hybridized carbons (Fsp3) is 0.424. The van der Waals surface area contributed by atoms with Crippen molar-refractivity contribution in [3.63, 3.8) is 0 Å². The average Bonchev–Trinajstić information content (AvgIpc) is 3.01. The summed E-state index contributed by atoms with van der Waals surface area (Å²) in [6.07, 6.45) is 3.80. The van der Waals surface area contributed by atoms with Gasteiger partial charge in [0.25, 0.3) is 5.91 Å². The number of allylic oxidation sites excluding steroid dienone is 2. The van der Waals surface area contributed by atoms with E-state index >= 15 is 0 Å². The number of benzene rings is 2. The summed E-state index contributed by atoms with van der Waals surface area (Å²) in [5.74, 6) is 0.916. The monoisotopic (exact) mass is 555 g/mol. The first-order valence-electron chi connectivity index (χ1n) is 14.4. The third-order valence-electron chi connectivity index (χ3n) is 8.26. The van der Waals surface area contributed by atoms with Crippen LogP contribution in [0.1, 0.15) is 46.8 Å². The van der Waals surface area contributed by atoms with Crippen molar-refractivity contribution >= 4 is 29.6 Å². The van der Waals surface area contributed by atoms with Crippen molar-refractivity contribution in [3.05, 3.63) is 76.1 Å². The van der Waals surface area contributed by atoms with E-state index in [1.54, 1.807) is 7.11 Å². The lowest BCUT2D eigenvalue weighted by atomic mass is 9.91. The van der Waals surface area contributed by atoms with Gasteiger partial charge in [0.05, 0.1) is 37.4 Å². The zero-order valence-electron chi connectivity index (χ0n) is 24.8. The van der Waals surface area contributed by atoms with Crippen LogP contribution in [0, 0.1) is 6.92 Å². The van der Waals surface area contributed by atoms with Gasteiger partial charge in [-0.05, 0) is 80.9 Å². The van der Waals surface area contributed by atoms with E-state index < -0.39 is 0 Å². The molecule has 41 heavy (non-hydrogen) atoms. The molecular formula is C33H41N5O3. The maximum absolute atomic E-state index is 13.2. The molecule has 2 saturated heterocycles. The smallest absolute Gasteiger partial charge is 0.254 e. The molecule has 0 radical (unpaired) electrons. The number of hydrogen-bond acceptors (Lipinski definition) is 7. The van der Waals surface area contributed by atoms with Crippen molar-refractivity contribution in [2.24, 2.45) is 9.98 Å². The number of ether oxygens (including phenoxy) is 2. The topological polar surface area (TPSA) is 70.0 Å². The highest BCUT2D eigenvalue weighted by atomic mass is 16.5. The zero-order valence-corrected chi connectivity index (χ0v) is 24.8. The van der Waals surface area contributed by atoms with Gasteiger partial charge in [-0.2, -0.15) is 0 Å². The Balaban J connectivity index is 1.47. The Labute approximate surface area is 243 Å². The van der Waals surface area contributed by atoms with Crippen LogP contribution in [0.5, 0.6) is 5.75 Å². The standard InChI is InChI=1S/C33H41N5O3/c1-23-21-26(9-11-27(23)33(39)38-17-19-41-20-18-38)28-7-6-8-29(34-3)32(28)35-24(2)25-10-12-30(31(22-25)40-5)37-15-13-36(4)14-16-37/h8-12,21-22H,3,6-7,13-20H2,1-2,4-5H3. The summed E-state index contributed by atoms with van der Waals surface area (Å²) in [5, 5.41) is 0. The molecule has 0 N–H and O–H groups in total. The number of carbonyl (C=O) groups excluding carboxylic acids is 1.